The molecule has 2 rings (SSSR count). The Morgan fingerprint density at radius 1 is 1.16 bits per heavy atom. The fourth-order valence-electron chi connectivity index (χ4n) is 1.58. The Labute approximate surface area is 133 Å². The fourth-order valence-corrected chi connectivity index (χ4v) is 3.13. The quantitative estimate of drug-likeness (QED) is 0.649. The van der Waals surface area contributed by atoms with E-state index in [2.05, 4.69) is 42.9 Å². The standard InChI is InChI=1S/C14H7Br2ClN2/c15-11-4-10(5-12(16)6-11)14(17)13(7-18)9-2-1-3-19-8-9/h1-6,8H/b14-13-. The minimum Gasteiger partial charge on any atom is -0.264 e. The lowest BCUT2D eigenvalue weighted by molar-refractivity contribution is 1.31. The molecule has 1 aromatic carbocycles. The zero-order valence-corrected chi connectivity index (χ0v) is 13.5. The first-order chi connectivity index (χ1) is 9.11. The highest BCUT2D eigenvalue weighted by Crippen LogP contribution is 2.32. The Balaban J connectivity index is 2.59. The minimum absolute atomic E-state index is 0.400. The first-order valence-electron chi connectivity index (χ1n) is 5.28. The number of pyridine rings is 1. The molecule has 19 heavy (non-hydrogen) atoms. The Bertz CT molecular complexity index is 655. The zero-order valence-electron chi connectivity index (χ0n) is 9.57. The molecular weight excluding hydrogens is 391 g/mol. The SMILES string of the molecule is N#C/C(=C(/Cl)c1cc(Br)cc(Br)c1)c1cccnc1. The van der Waals surface area contributed by atoms with Crippen molar-refractivity contribution in [3.63, 3.8) is 0 Å². The van der Waals surface area contributed by atoms with Crippen LogP contribution < -0.4 is 0 Å². The van der Waals surface area contributed by atoms with Crippen molar-refractivity contribution in [2.24, 2.45) is 0 Å². The van der Waals surface area contributed by atoms with E-state index < -0.39 is 0 Å². The van der Waals surface area contributed by atoms with E-state index in [-0.39, 0.29) is 0 Å². The molecule has 0 aliphatic carbocycles. The molecule has 0 spiro atoms. The van der Waals surface area contributed by atoms with Gasteiger partial charge in [-0.15, -0.1) is 0 Å². The number of benzene rings is 1. The molecule has 5 heteroatoms. The van der Waals surface area contributed by atoms with Crippen LogP contribution in [0.4, 0.5) is 0 Å². The van der Waals surface area contributed by atoms with Crippen molar-refractivity contribution < 1.29 is 0 Å². The number of nitriles is 1. The second kappa shape index (κ2) is 6.33. The number of hydrogen-bond acceptors (Lipinski definition) is 2. The van der Waals surface area contributed by atoms with Crippen LogP contribution in [-0.4, -0.2) is 4.98 Å². The topological polar surface area (TPSA) is 36.7 Å². The molecule has 2 aromatic rings. The highest BCUT2D eigenvalue weighted by molar-refractivity contribution is 9.11. The van der Waals surface area contributed by atoms with E-state index in [0.717, 1.165) is 14.5 Å². The van der Waals surface area contributed by atoms with Crippen LogP contribution in [0.3, 0.4) is 0 Å². The number of rotatable bonds is 2. The van der Waals surface area contributed by atoms with Gasteiger partial charge < -0.3 is 0 Å². The van der Waals surface area contributed by atoms with E-state index in [1.807, 2.05) is 18.2 Å². The van der Waals surface area contributed by atoms with Crippen LogP contribution in [0.2, 0.25) is 0 Å². The van der Waals surface area contributed by atoms with Gasteiger partial charge in [0.25, 0.3) is 0 Å². The molecule has 1 aromatic heterocycles. The van der Waals surface area contributed by atoms with Gasteiger partial charge in [0.05, 0.1) is 10.6 Å². The maximum absolute atomic E-state index is 9.31. The van der Waals surface area contributed by atoms with Crippen LogP contribution in [0.5, 0.6) is 0 Å². The lowest BCUT2D eigenvalue weighted by atomic mass is 10.1. The minimum atomic E-state index is 0.400. The van der Waals surface area contributed by atoms with Crippen molar-refractivity contribution in [3.8, 4) is 6.07 Å². The van der Waals surface area contributed by atoms with Crippen LogP contribution in [0.25, 0.3) is 10.6 Å². The molecule has 0 amide bonds. The molecule has 0 bridgehead atoms. The predicted molar refractivity (Wildman–Crippen MR) is 84.4 cm³/mol. The second-order valence-corrected chi connectivity index (χ2v) is 5.91. The van der Waals surface area contributed by atoms with Crippen molar-refractivity contribution in [1.82, 2.24) is 4.98 Å². The molecule has 0 aliphatic rings. The number of halogens is 3. The molecule has 0 N–H and O–H groups in total. The molecule has 0 saturated heterocycles. The lowest BCUT2D eigenvalue weighted by Gasteiger charge is -2.05. The molecule has 0 radical (unpaired) electrons. The van der Waals surface area contributed by atoms with Gasteiger partial charge in [0.2, 0.25) is 0 Å². The maximum Gasteiger partial charge on any atom is 0.101 e. The highest BCUT2D eigenvalue weighted by atomic mass is 79.9. The predicted octanol–water partition coefficient (Wildman–Crippen LogP) is 5.24. The zero-order chi connectivity index (χ0) is 13.8. The smallest absolute Gasteiger partial charge is 0.101 e. The van der Waals surface area contributed by atoms with Crippen molar-refractivity contribution >= 4 is 54.1 Å². The molecule has 0 unspecified atom stereocenters. The van der Waals surface area contributed by atoms with Gasteiger partial charge >= 0.3 is 0 Å². The van der Waals surface area contributed by atoms with Crippen LogP contribution in [0.15, 0.2) is 51.7 Å². The van der Waals surface area contributed by atoms with Crippen LogP contribution in [-0.2, 0) is 0 Å². The second-order valence-electron chi connectivity index (χ2n) is 3.70. The Morgan fingerprint density at radius 2 is 1.84 bits per heavy atom. The van der Waals surface area contributed by atoms with Gasteiger partial charge in [-0.1, -0.05) is 49.5 Å². The number of nitrogens with zero attached hydrogens (tertiary/aromatic N) is 2. The molecule has 2 nitrogen and oxygen atoms in total. The van der Waals surface area contributed by atoms with Crippen LogP contribution >= 0.6 is 43.5 Å². The summed E-state index contributed by atoms with van der Waals surface area (Å²) in [6.07, 6.45) is 3.27. The molecular formula is C14H7Br2ClN2. The normalized spacial score (nSPS) is 11.7. The fraction of sp³-hybridized carbons (Fsp3) is 0. The average Bonchev–Trinajstić information content (AvgIpc) is 2.39. The van der Waals surface area contributed by atoms with Gasteiger partial charge in [-0.2, -0.15) is 5.26 Å². The van der Waals surface area contributed by atoms with E-state index in [1.165, 1.54) is 0 Å². The molecule has 0 saturated carbocycles. The van der Waals surface area contributed by atoms with Gasteiger partial charge in [-0.05, 0) is 29.8 Å². The summed E-state index contributed by atoms with van der Waals surface area (Å²) in [5.41, 5.74) is 1.87. The number of hydrogen-bond donors (Lipinski definition) is 0. The largest absolute Gasteiger partial charge is 0.264 e. The van der Waals surface area contributed by atoms with E-state index in [1.54, 1.807) is 24.5 Å². The summed E-state index contributed by atoms with van der Waals surface area (Å²) >= 11 is 13.1. The number of allylic oxidation sites excluding steroid dienone is 1. The molecule has 0 aliphatic heterocycles. The monoisotopic (exact) mass is 396 g/mol. The molecule has 1 heterocycles. The molecule has 0 atom stereocenters. The summed E-state index contributed by atoms with van der Waals surface area (Å²) in [5.74, 6) is 0. The van der Waals surface area contributed by atoms with Crippen LogP contribution in [0, 0.1) is 11.3 Å². The summed E-state index contributed by atoms with van der Waals surface area (Å²) in [6.45, 7) is 0. The van der Waals surface area contributed by atoms with Gasteiger partial charge in [0.1, 0.15) is 6.07 Å². The van der Waals surface area contributed by atoms with Gasteiger partial charge in [-0.3, -0.25) is 4.98 Å². The van der Waals surface area contributed by atoms with Gasteiger partial charge in [0.15, 0.2) is 0 Å². The van der Waals surface area contributed by atoms with E-state index >= 15 is 0 Å². The van der Waals surface area contributed by atoms with Gasteiger partial charge in [-0.25, -0.2) is 0 Å². The summed E-state index contributed by atoms with van der Waals surface area (Å²) < 4.78 is 1.78. The third-order valence-corrected chi connectivity index (χ3v) is 3.72. The maximum atomic E-state index is 9.31. The Hall–Kier alpha value is -1.15. The number of aromatic nitrogens is 1. The Morgan fingerprint density at radius 3 is 2.37 bits per heavy atom. The van der Waals surface area contributed by atoms with Crippen molar-refractivity contribution in [1.29, 1.82) is 5.26 Å². The van der Waals surface area contributed by atoms with E-state index in [9.17, 15) is 5.26 Å². The lowest BCUT2D eigenvalue weighted by Crippen LogP contribution is -1.87. The third kappa shape index (κ3) is 3.44. The first kappa shape index (κ1) is 14.3. The summed E-state index contributed by atoms with van der Waals surface area (Å²) in [4.78, 5) is 4.00. The average molecular weight is 398 g/mol. The van der Waals surface area contributed by atoms with E-state index in [4.69, 9.17) is 11.6 Å². The first-order valence-corrected chi connectivity index (χ1v) is 7.25. The summed E-state index contributed by atoms with van der Waals surface area (Å²) in [6, 6.07) is 11.3. The third-order valence-electron chi connectivity index (χ3n) is 2.40. The van der Waals surface area contributed by atoms with Crippen molar-refractivity contribution in [2.75, 3.05) is 0 Å². The van der Waals surface area contributed by atoms with Gasteiger partial charge in [0, 0.05) is 26.9 Å². The molecule has 0 fully saturated rings. The van der Waals surface area contributed by atoms with Crippen LogP contribution in [0.1, 0.15) is 11.1 Å². The van der Waals surface area contributed by atoms with Crippen molar-refractivity contribution in [2.45, 2.75) is 0 Å². The Kier molecular flexibility index (Phi) is 4.76. The molecule has 94 valence electrons. The van der Waals surface area contributed by atoms with E-state index in [0.29, 0.717) is 16.2 Å². The summed E-state index contributed by atoms with van der Waals surface area (Å²) in [5, 5.41) is 9.71. The summed E-state index contributed by atoms with van der Waals surface area (Å²) in [7, 11) is 0. The highest BCUT2D eigenvalue weighted by Gasteiger charge is 2.10. The van der Waals surface area contributed by atoms with Crippen molar-refractivity contribution in [3.05, 3.63) is 62.8 Å².